The topological polar surface area (TPSA) is 91.8 Å². The SMILES string of the molecule is Cc1ccnc(Nc2cc(Nc3ccc(NC(=O)C4(c5ccc(F)cc5)CC4)cc3)ncn2)c1. The Morgan fingerprint density at radius 2 is 1.47 bits per heavy atom. The first-order chi connectivity index (χ1) is 16.5. The van der Waals surface area contributed by atoms with Crippen molar-refractivity contribution in [2.24, 2.45) is 0 Å². The Hall–Kier alpha value is -4.33. The quantitative estimate of drug-likeness (QED) is 0.343. The first-order valence-corrected chi connectivity index (χ1v) is 11.0. The van der Waals surface area contributed by atoms with Crippen molar-refractivity contribution in [2.75, 3.05) is 16.0 Å². The minimum Gasteiger partial charge on any atom is -0.340 e. The van der Waals surface area contributed by atoms with Crippen molar-refractivity contribution in [3.05, 3.63) is 96.2 Å². The number of carbonyl (C=O) groups excluding carboxylic acids is 1. The molecule has 0 spiro atoms. The van der Waals surface area contributed by atoms with Gasteiger partial charge in [0, 0.05) is 23.6 Å². The lowest BCUT2D eigenvalue weighted by molar-refractivity contribution is -0.118. The maximum absolute atomic E-state index is 13.3. The highest BCUT2D eigenvalue weighted by Gasteiger charge is 2.51. The van der Waals surface area contributed by atoms with Crippen molar-refractivity contribution in [3.8, 4) is 0 Å². The van der Waals surface area contributed by atoms with E-state index in [2.05, 4.69) is 30.9 Å². The maximum atomic E-state index is 13.3. The summed E-state index contributed by atoms with van der Waals surface area (Å²) in [6, 6.07) is 19.2. The fourth-order valence-corrected chi connectivity index (χ4v) is 3.81. The van der Waals surface area contributed by atoms with E-state index in [9.17, 15) is 9.18 Å². The Morgan fingerprint density at radius 1 is 0.824 bits per heavy atom. The lowest BCUT2D eigenvalue weighted by Crippen LogP contribution is -2.27. The molecule has 8 heteroatoms. The molecule has 1 amide bonds. The number of hydrogen-bond acceptors (Lipinski definition) is 6. The molecule has 1 aliphatic carbocycles. The van der Waals surface area contributed by atoms with Crippen molar-refractivity contribution in [3.63, 3.8) is 0 Å². The first kappa shape index (κ1) is 21.5. The molecule has 4 aromatic rings. The molecular weight excluding hydrogens is 431 g/mol. The third-order valence-corrected chi connectivity index (χ3v) is 5.84. The Kier molecular flexibility index (Phi) is 5.63. The largest absolute Gasteiger partial charge is 0.340 e. The number of halogens is 1. The number of aryl methyl sites for hydroxylation is 1. The molecule has 1 fully saturated rings. The van der Waals surface area contributed by atoms with Gasteiger partial charge in [-0.05, 0) is 79.4 Å². The van der Waals surface area contributed by atoms with Crippen LogP contribution in [0.1, 0.15) is 24.0 Å². The lowest BCUT2D eigenvalue weighted by Gasteiger charge is -2.16. The standard InChI is InChI=1S/C26H23FN6O/c1-17-10-13-28-22(14-17)33-24-15-23(29-16-30-24)31-20-6-8-21(9-7-20)32-25(34)26(11-12-26)18-2-4-19(27)5-3-18/h2-10,13-16H,11-12H2,1H3,(H,32,34)(H2,28,29,30,31,33). The number of carbonyl (C=O) groups is 1. The van der Waals surface area contributed by atoms with Gasteiger partial charge in [-0.2, -0.15) is 0 Å². The van der Waals surface area contributed by atoms with Gasteiger partial charge in [-0.25, -0.2) is 19.3 Å². The van der Waals surface area contributed by atoms with Gasteiger partial charge >= 0.3 is 0 Å². The molecule has 5 rings (SSSR count). The number of amides is 1. The summed E-state index contributed by atoms with van der Waals surface area (Å²) in [5, 5.41) is 9.39. The third-order valence-electron chi connectivity index (χ3n) is 5.84. The summed E-state index contributed by atoms with van der Waals surface area (Å²) >= 11 is 0. The summed E-state index contributed by atoms with van der Waals surface area (Å²) in [6.07, 6.45) is 4.72. The van der Waals surface area contributed by atoms with E-state index in [1.165, 1.54) is 18.5 Å². The molecule has 0 radical (unpaired) electrons. The zero-order valence-electron chi connectivity index (χ0n) is 18.5. The normalized spacial score (nSPS) is 13.7. The molecule has 34 heavy (non-hydrogen) atoms. The molecule has 7 nitrogen and oxygen atoms in total. The minimum atomic E-state index is -0.568. The smallest absolute Gasteiger partial charge is 0.235 e. The third kappa shape index (κ3) is 4.71. The van der Waals surface area contributed by atoms with E-state index in [-0.39, 0.29) is 11.7 Å². The Morgan fingerprint density at radius 3 is 2.15 bits per heavy atom. The molecule has 0 bridgehead atoms. The molecule has 1 saturated carbocycles. The number of anilines is 5. The zero-order valence-corrected chi connectivity index (χ0v) is 18.5. The van der Waals surface area contributed by atoms with Gasteiger partial charge in [-0.3, -0.25) is 4.79 Å². The van der Waals surface area contributed by atoms with Crippen molar-refractivity contribution in [1.82, 2.24) is 15.0 Å². The highest BCUT2D eigenvalue weighted by molar-refractivity contribution is 6.01. The second kappa shape index (κ2) is 8.90. The monoisotopic (exact) mass is 454 g/mol. The summed E-state index contributed by atoms with van der Waals surface area (Å²) in [4.78, 5) is 25.7. The fourth-order valence-electron chi connectivity index (χ4n) is 3.81. The van der Waals surface area contributed by atoms with Crippen LogP contribution in [0.2, 0.25) is 0 Å². The van der Waals surface area contributed by atoms with E-state index < -0.39 is 5.41 Å². The zero-order chi connectivity index (χ0) is 23.5. The van der Waals surface area contributed by atoms with Gasteiger partial charge in [-0.1, -0.05) is 12.1 Å². The maximum Gasteiger partial charge on any atom is 0.235 e. The van der Waals surface area contributed by atoms with Crippen molar-refractivity contribution < 1.29 is 9.18 Å². The first-order valence-electron chi connectivity index (χ1n) is 11.0. The van der Waals surface area contributed by atoms with E-state index in [0.29, 0.717) is 23.1 Å². The van der Waals surface area contributed by atoms with Crippen LogP contribution in [0.25, 0.3) is 0 Å². The van der Waals surface area contributed by atoms with E-state index >= 15 is 0 Å². The number of nitrogens with zero attached hydrogens (tertiary/aromatic N) is 3. The molecular formula is C26H23FN6O. The van der Waals surface area contributed by atoms with Gasteiger partial charge in [0.05, 0.1) is 5.41 Å². The second-order valence-electron chi connectivity index (χ2n) is 8.38. The number of rotatable bonds is 7. The molecule has 0 atom stereocenters. The van der Waals surface area contributed by atoms with Crippen LogP contribution < -0.4 is 16.0 Å². The molecule has 170 valence electrons. The van der Waals surface area contributed by atoms with E-state index in [4.69, 9.17) is 0 Å². The summed E-state index contributed by atoms with van der Waals surface area (Å²) < 4.78 is 13.3. The van der Waals surface area contributed by atoms with Crippen LogP contribution in [0, 0.1) is 12.7 Å². The predicted molar refractivity (Wildman–Crippen MR) is 130 cm³/mol. The fraction of sp³-hybridized carbons (Fsp3) is 0.154. The molecule has 3 N–H and O–H groups in total. The molecule has 0 aliphatic heterocycles. The van der Waals surface area contributed by atoms with Crippen LogP contribution in [0.5, 0.6) is 0 Å². The van der Waals surface area contributed by atoms with Gasteiger partial charge in [0.2, 0.25) is 5.91 Å². The van der Waals surface area contributed by atoms with Gasteiger partial charge < -0.3 is 16.0 Å². The molecule has 2 aromatic carbocycles. The molecule has 1 aliphatic rings. The molecule has 2 aromatic heterocycles. The van der Waals surface area contributed by atoms with Crippen LogP contribution >= 0.6 is 0 Å². The molecule has 2 heterocycles. The van der Waals surface area contributed by atoms with Crippen molar-refractivity contribution >= 4 is 34.7 Å². The Balaban J connectivity index is 1.23. The number of pyridine rings is 1. The number of benzene rings is 2. The molecule has 0 saturated heterocycles. The average Bonchev–Trinajstić information content (AvgIpc) is 3.63. The summed E-state index contributed by atoms with van der Waals surface area (Å²) in [6.45, 7) is 2.00. The van der Waals surface area contributed by atoms with E-state index in [1.807, 2.05) is 43.3 Å². The van der Waals surface area contributed by atoms with Gasteiger partial charge in [0.25, 0.3) is 0 Å². The highest BCUT2D eigenvalue weighted by atomic mass is 19.1. The average molecular weight is 455 g/mol. The van der Waals surface area contributed by atoms with Crippen LogP contribution in [-0.2, 0) is 10.2 Å². The number of hydrogen-bond donors (Lipinski definition) is 3. The lowest BCUT2D eigenvalue weighted by atomic mass is 9.95. The highest BCUT2D eigenvalue weighted by Crippen LogP contribution is 2.49. The van der Waals surface area contributed by atoms with Crippen LogP contribution in [0.3, 0.4) is 0 Å². The van der Waals surface area contributed by atoms with Crippen LogP contribution in [0.15, 0.2) is 79.3 Å². The Labute approximate surface area is 196 Å². The second-order valence-corrected chi connectivity index (χ2v) is 8.38. The number of nitrogens with one attached hydrogen (secondary N) is 3. The van der Waals surface area contributed by atoms with E-state index in [0.717, 1.165) is 29.7 Å². The van der Waals surface area contributed by atoms with E-state index in [1.54, 1.807) is 24.4 Å². The summed E-state index contributed by atoms with van der Waals surface area (Å²) in [5.74, 6) is 1.57. The Bertz CT molecular complexity index is 1320. The summed E-state index contributed by atoms with van der Waals surface area (Å²) in [5.41, 5.74) is 2.89. The number of aromatic nitrogens is 3. The van der Waals surface area contributed by atoms with Crippen LogP contribution in [-0.4, -0.2) is 20.9 Å². The van der Waals surface area contributed by atoms with Gasteiger partial charge in [-0.15, -0.1) is 0 Å². The molecule has 0 unspecified atom stereocenters. The minimum absolute atomic E-state index is 0.0731. The van der Waals surface area contributed by atoms with Crippen molar-refractivity contribution in [2.45, 2.75) is 25.2 Å². The van der Waals surface area contributed by atoms with Crippen molar-refractivity contribution in [1.29, 1.82) is 0 Å². The predicted octanol–water partition coefficient (Wildman–Crippen LogP) is 5.48. The summed E-state index contributed by atoms with van der Waals surface area (Å²) in [7, 11) is 0. The van der Waals surface area contributed by atoms with Gasteiger partial charge in [0.15, 0.2) is 0 Å². The van der Waals surface area contributed by atoms with Gasteiger partial charge in [0.1, 0.15) is 29.6 Å². The van der Waals surface area contributed by atoms with Crippen LogP contribution in [0.4, 0.5) is 33.2 Å².